The lowest BCUT2D eigenvalue weighted by Crippen LogP contribution is -2.33. The Morgan fingerprint density at radius 1 is 0.800 bits per heavy atom. The number of aliphatic carboxylic acids is 1. The third-order valence-electron chi connectivity index (χ3n) is 4.56. The normalized spacial score (nSPS) is 20.1. The fraction of sp³-hybridized carbons (Fsp3) is 0.800. The van der Waals surface area contributed by atoms with Crippen molar-refractivity contribution in [1.82, 2.24) is 0 Å². The average Bonchev–Trinajstić information content (AvgIpc) is 3.60. The Kier molecular flexibility index (Phi) is 10.6. The number of esters is 3. The molecule has 0 saturated carbocycles. The summed E-state index contributed by atoms with van der Waals surface area (Å²) in [5.41, 5.74) is 0. The van der Waals surface area contributed by atoms with E-state index in [1.807, 2.05) is 0 Å². The van der Waals surface area contributed by atoms with Gasteiger partial charge in [0.25, 0.3) is 0 Å². The molecule has 2 heterocycles. The third-order valence-corrected chi connectivity index (χ3v) is 4.56. The van der Waals surface area contributed by atoms with Crippen LogP contribution in [0.25, 0.3) is 0 Å². The molecule has 30 heavy (non-hydrogen) atoms. The number of rotatable bonds is 17. The molecule has 2 rings (SSSR count). The van der Waals surface area contributed by atoms with E-state index >= 15 is 0 Å². The molecule has 170 valence electrons. The van der Waals surface area contributed by atoms with Crippen LogP contribution in [0.1, 0.15) is 57.8 Å². The van der Waals surface area contributed by atoms with Crippen LogP contribution >= 0.6 is 0 Å². The van der Waals surface area contributed by atoms with Crippen molar-refractivity contribution >= 4 is 23.9 Å². The number of carboxylic acids is 1. The molecule has 0 spiro atoms. The lowest BCUT2D eigenvalue weighted by molar-refractivity contribution is -0.172. The number of hydrogen-bond donors (Lipinski definition) is 1. The summed E-state index contributed by atoms with van der Waals surface area (Å²) in [6.07, 6.45) is 2.94. The molecule has 0 aromatic carbocycles. The van der Waals surface area contributed by atoms with Crippen molar-refractivity contribution in [1.29, 1.82) is 0 Å². The fourth-order valence-electron chi connectivity index (χ4n) is 2.64. The molecule has 3 unspecified atom stereocenters. The molecule has 1 N–H and O–H groups in total. The molecule has 0 amide bonds. The van der Waals surface area contributed by atoms with Crippen molar-refractivity contribution in [2.75, 3.05) is 26.4 Å². The Balaban J connectivity index is 1.63. The summed E-state index contributed by atoms with van der Waals surface area (Å²) in [4.78, 5) is 46.6. The molecule has 0 aromatic heterocycles. The molecular formula is C20H30O10. The second-order valence-corrected chi connectivity index (χ2v) is 7.42. The minimum absolute atomic E-state index is 0.0553. The van der Waals surface area contributed by atoms with Gasteiger partial charge in [0.05, 0.1) is 19.6 Å². The monoisotopic (exact) mass is 430 g/mol. The first kappa shape index (κ1) is 24.1. The molecule has 2 fully saturated rings. The van der Waals surface area contributed by atoms with Gasteiger partial charge in [-0.3, -0.25) is 14.4 Å². The SMILES string of the molecule is O=C(O)CCCCCCCCC(=O)OC(CC(=O)OCC1CO1)C(=O)OCC1CO1. The Labute approximate surface area is 175 Å². The highest BCUT2D eigenvalue weighted by Crippen LogP contribution is 2.14. The Hall–Kier alpha value is -2.20. The van der Waals surface area contributed by atoms with Gasteiger partial charge < -0.3 is 28.8 Å². The van der Waals surface area contributed by atoms with Gasteiger partial charge in [0, 0.05) is 12.8 Å². The van der Waals surface area contributed by atoms with Crippen LogP contribution in [0.15, 0.2) is 0 Å². The van der Waals surface area contributed by atoms with Gasteiger partial charge in [-0.05, 0) is 12.8 Å². The number of ether oxygens (including phenoxy) is 5. The van der Waals surface area contributed by atoms with Gasteiger partial charge in [-0.15, -0.1) is 0 Å². The van der Waals surface area contributed by atoms with E-state index in [2.05, 4.69) is 0 Å². The van der Waals surface area contributed by atoms with Gasteiger partial charge in [-0.25, -0.2) is 4.79 Å². The zero-order valence-electron chi connectivity index (χ0n) is 17.0. The predicted molar refractivity (Wildman–Crippen MR) is 100 cm³/mol. The summed E-state index contributed by atoms with van der Waals surface area (Å²) >= 11 is 0. The van der Waals surface area contributed by atoms with Crippen molar-refractivity contribution in [3.63, 3.8) is 0 Å². The molecule has 0 aliphatic carbocycles. The predicted octanol–water partition coefficient (Wildman–Crippen LogP) is 1.38. The van der Waals surface area contributed by atoms with Gasteiger partial charge in [-0.1, -0.05) is 25.7 Å². The summed E-state index contributed by atoms with van der Waals surface area (Å²) in [5.74, 6) is -2.83. The maximum Gasteiger partial charge on any atom is 0.348 e. The molecule has 3 atom stereocenters. The zero-order valence-corrected chi connectivity index (χ0v) is 17.0. The fourth-order valence-corrected chi connectivity index (χ4v) is 2.64. The molecule has 0 aromatic rings. The lowest BCUT2D eigenvalue weighted by Gasteiger charge is -2.16. The van der Waals surface area contributed by atoms with Crippen LogP contribution in [0, 0.1) is 0 Å². The van der Waals surface area contributed by atoms with E-state index in [9.17, 15) is 19.2 Å². The minimum atomic E-state index is -1.35. The molecule has 0 bridgehead atoms. The molecular weight excluding hydrogens is 400 g/mol. The largest absolute Gasteiger partial charge is 0.481 e. The van der Waals surface area contributed by atoms with Crippen molar-refractivity contribution in [3.8, 4) is 0 Å². The van der Waals surface area contributed by atoms with Crippen molar-refractivity contribution in [2.24, 2.45) is 0 Å². The van der Waals surface area contributed by atoms with Gasteiger partial charge in [0.1, 0.15) is 25.4 Å². The number of hydrogen-bond acceptors (Lipinski definition) is 9. The summed E-state index contributed by atoms with van der Waals surface area (Å²) in [7, 11) is 0. The van der Waals surface area contributed by atoms with Crippen molar-refractivity contribution in [2.45, 2.75) is 76.1 Å². The third kappa shape index (κ3) is 11.7. The number of carboxylic acid groups (broad SMARTS) is 1. The van der Waals surface area contributed by atoms with Crippen molar-refractivity contribution < 1.29 is 48.0 Å². The number of epoxide rings is 2. The second-order valence-electron chi connectivity index (χ2n) is 7.42. The van der Waals surface area contributed by atoms with Gasteiger partial charge >= 0.3 is 23.9 Å². The van der Waals surface area contributed by atoms with Crippen molar-refractivity contribution in [3.05, 3.63) is 0 Å². The molecule has 2 aliphatic heterocycles. The Morgan fingerprint density at radius 2 is 1.33 bits per heavy atom. The topological polar surface area (TPSA) is 141 Å². The number of unbranched alkanes of at least 4 members (excludes halogenated alkanes) is 5. The van der Waals surface area contributed by atoms with E-state index in [-0.39, 0.29) is 38.3 Å². The van der Waals surface area contributed by atoms with Gasteiger partial charge in [0.2, 0.25) is 6.10 Å². The van der Waals surface area contributed by atoms with Crippen LogP contribution in [0.3, 0.4) is 0 Å². The smallest absolute Gasteiger partial charge is 0.348 e. The van der Waals surface area contributed by atoms with E-state index < -0.39 is 36.4 Å². The van der Waals surface area contributed by atoms with Crippen LogP contribution < -0.4 is 0 Å². The van der Waals surface area contributed by atoms with Gasteiger partial charge in [0.15, 0.2) is 0 Å². The van der Waals surface area contributed by atoms with E-state index in [1.54, 1.807) is 0 Å². The molecule has 10 heteroatoms. The first-order valence-electron chi connectivity index (χ1n) is 10.4. The minimum Gasteiger partial charge on any atom is -0.481 e. The summed E-state index contributed by atoms with van der Waals surface area (Å²) in [6, 6.07) is 0. The second kappa shape index (κ2) is 13.2. The maximum absolute atomic E-state index is 12.2. The van der Waals surface area contributed by atoms with E-state index in [4.69, 9.17) is 28.8 Å². The van der Waals surface area contributed by atoms with Crippen LogP contribution in [-0.4, -0.2) is 73.7 Å². The van der Waals surface area contributed by atoms with Crippen LogP contribution in [0.5, 0.6) is 0 Å². The Morgan fingerprint density at radius 3 is 1.90 bits per heavy atom. The van der Waals surface area contributed by atoms with E-state index in [0.717, 1.165) is 25.7 Å². The van der Waals surface area contributed by atoms with Crippen LogP contribution in [0.2, 0.25) is 0 Å². The number of carbonyl (C=O) groups is 4. The summed E-state index contributed by atoms with van der Waals surface area (Å²) in [5, 5.41) is 8.58. The van der Waals surface area contributed by atoms with Crippen LogP contribution in [0.4, 0.5) is 0 Å². The first-order valence-corrected chi connectivity index (χ1v) is 10.4. The Bertz CT molecular complexity index is 582. The maximum atomic E-state index is 12.2. The highest BCUT2D eigenvalue weighted by molar-refractivity contribution is 5.84. The van der Waals surface area contributed by atoms with E-state index in [1.165, 1.54) is 0 Å². The standard InChI is InChI=1S/C20H30O10/c21-17(22)7-5-3-1-2-4-6-8-18(23)30-16(20(25)29-13-15-11-27-15)9-19(24)28-12-14-10-26-14/h14-16H,1-13H2,(H,21,22). The van der Waals surface area contributed by atoms with Crippen LogP contribution in [-0.2, 0) is 42.9 Å². The number of carbonyl (C=O) groups excluding carboxylic acids is 3. The van der Waals surface area contributed by atoms with E-state index in [0.29, 0.717) is 26.1 Å². The average molecular weight is 430 g/mol. The molecule has 2 aliphatic rings. The quantitative estimate of drug-likeness (QED) is 0.156. The zero-order chi connectivity index (χ0) is 21.8. The summed E-state index contributed by atoms with van der Waals surface area (Å²) < 4.78 is 25.1. The molecule has 2 saturated heterocycles. The molecule has 0 radical (unpaired) electrons. The highest BCUT2D eigenvalue weighted by Gasteiger charge is 2.32. The summed E-state index contributed by atoms with van der Waals surface area (Å²) in [6.45, 7) is 1.21. The van der Waals surface area contributed by atoms with Gasteiger partial charge in [-0.2, -0.15) is 0 Å². The lowest BCUT2D eigenvalue weighted by atomic mass is 10.1. The highest BCUT2D eigenvalue weighted by atomic mass is 16.6. The molecule has 10 nitrogen and oxygen atoms in total. The first-order chi connectivity index (χ1) is 14.4.